The van der Waals surface area contributed by atoms with Crippen molar-refractivity contribution < 1.29 is 37.0 Å². The zero-order valence-electron chi connectivity index (χ0n) is 19.9. The lowest BCUT2D eigenvalue weighted by molar-refractivity contribution is -0.240. The zero-order valence-corrected chi connectivity index (χ0v) is 19.9. The van der Waals surface area contributed by atoms with E-state index in [1.807, 2.05) is 0 Å². The summed E-state index contributed by atoms with van der Waals surface area (Å²) in [6.45, 7) is 6.66. The summed E-state index contributed by atoms with van der Waals surface area (Å²) in [7, 11) is 0. The van der Waals surface area contributed by atoms with Crippen molar-refractivity contribution in [2.45, 2.75) is 97.4 Å². The zero-order chi connectivity index (χ0) is 24.3. The highest BCUT2D eigenvalue weighted by Crippen LogP contribution is 2.67. The van der Waals surface area contributed by atoms with Gasteiger partial charge in [-0.25, -0.2) is 0 Å². The maximum Gasteiger partial charge on any atom is 0.426 e. The summed E-state index contributed by atoms with van der Waals surface area (Å²) < 4.78 is 51.8. The van der Waals surface area contributed by atoms with E-state index in [1.54, 1.807) is 0 Å². The molecule has 4 saturated carbocycles. The lowest BCUT2D eigenvalue weighted by Crippen LogP contribution is -2.58. The van der Waals surface area contributed by atoms with Crippen molar-refractivity contribution in [2.75, 3.05) is 0 Å². The van der Waals surface area contributed by atoms with Crippen LogP contribution in [0.4, 0.5) is 13.2 Å². The second kappa shape index (κ2) is 8.26. The highest BCUT2D eigenvalue weighted by molar-refractivity contribution is 5.83. The number of fused-ring (bicyclic) bond motifs is 5. The topological polar surface area (TPSA) is 69.7 Å². The quantitative estimate of drug-likeness (QED) is 0.525. The van der Waals surface area contributed by atoms with E-state index in [9.17, 15) is 27.6 Å². The maximum atomic E-state index is 13.8. The van der Waals surface area contributed by atoms with E-state index in [-0.39, 0.29) is 42.2 Å². The third-order valence-corrected chi connectivity index (χ3v) is 9.79. The van der Waals surface area contributed by atoms with Gasteiger partial charge in [-0.05, 0) is 74.0 Å². The van der Waals surface area contributed by atoms with E-state index in [2.05, 4.69) is 18.6 Å². The van der Waals surface area contributed by atoms with Gasteiger partial charge in [0, 0.05) is 25.7 Å². The molecule has 0 N–H and O–H groups in total. The molecule has 9 atom stereocenters. The van der Waals surface area contributed by atoms with Gasteiger partial charge in [0.2, 0.25) is 6.10 Å². The second-order valence-electron chi connectivity index (χ2n) is 11.4. The number of halogens is 3. The second-order valence-corrected chi connectivity index (χ2v) is 11.4. The van der Waals surface area contributed by atoms with Crippen molar-refractivity contribution in [1.29, 1.82) is 0 Å². The molecule has 0 bridgehead atoms. The molecule has 0 aromatic carbocycles. The van der Waals surface area contributed by atoms with Gasteiger partial charge in [0.1, 0.15) is 11.9 Å². The van der Waals surface area contributed by atoms with Gasteiger partial charge in [-0.2, -0.15) is 13.2 Å². The van der Waals surface area contributed by atoms with E-state index >= 15 is 0 Å². The van der Waals surface area contributed by atoms with Crippen molar-refractivity contribution >= 4 is 17.7 Å². The molecule has 4 aliphatic rings. The summed E-state index contributed by atoms with van der Waals surface area (Å²) in [5.74, 6) is -2.09. The van der Waals surface area contributed by atoms with Crippen LogP contribution in [0, 0.1) is 40.4 Å². The Morgan fingerprint density at radius 1 is 0.970 bits per heavy atom. The molecule has 0 radical (unpaired) electrons. The molecular weight excluding hydrogens is 437 g/mol. The number of hydrogen-bond donors (Lipinski definition) is 0. The Hall–Kier alpha value is -1.60. The van der Waals surface area contributed by atoms with E-state index < -0.39 is 35.4 Å². The van der Waals surface area contributed by atoms with Crippen LogP contribution < -0.4 is 0 Å². The number of esters is 2. The lowest BCUT2D eigenvalue weighted by atomic mass is 9.44. The molecule has 0 aliphatic heterocycles. The Balaban J connectivity index is 1.61. The first-order valence-electron chi connectivity index (χ1n) is 12.2. The molecule has 5 nitrogen and oxygen atoms in total. The first kappa shape index (κ1) is 24.5. The van der Waals surface area contributed by atoms with Gasteiger partial charge in [0.05, 0.1) is 5.92 Å². The molecular formula is C25H35F3O5. The van der Waals surface area contributed by atoms with Gasteiger partial charge in [-0.3, -0.25) is 14.4 Å². The Bertz CT molecular complexity index is 825. The van der Waals surface area contributed by atoms with Crippen LogP contribution in [-0.2, 0) is 23.9 Å². The Morgan fingerprint density at radius 2 is 1.64 bits per heavy atom. The molecule has 186 valence electrons. The SMILES string of the molecule is CC(=O)O[C@H]1CC[C@H]2[C@@H]3CC[C@H]4CC(=O)[C@@H]([C@H](OC(C)=O)C(F)(F)F)C[C@]4(C)[C@H]3CC[C@]12C. The van der Waals surface area contributed by atoms with Crippen LogP contribution in [0.15, 0.2) is 0 Å². The fraction of sp³-hybridized carbons (Fsp3) is 0.880. The van der Waals surface area contributed by atoms with E-state index in [1.165, 1.54) is 6.92 Å². The van der Waals surface area contributed by atoms with Crippen LogP contribution >= 0.6 is 0 Å². The Labute approximate surface area is 193 Å². The van der Waals surface area contributed by atoms with Crippen LogP contribution in [0.5, 0.6) is 0 Å². The van der Waals surface area contributed by atoms with Gasteiger partial charge in [0.15, 0.2) is 0 Å². The van der Waals surface area contributed by atoms with Gasteiger partial charge < -0.3 is 9.47 Å². The standard InChI is InChI=1S/C25H35F3O5/c1-13(29)32-21-8-7-18-16-6-5-15-11-20(31)17(22(25(26,27)28)33-14(2)30)12-24(15,4)19(16)9-10-23(18,21)3/h15-19,21-22H,5-12H2,1-4H3/t15-,16-,17-,18-,19-,21-,22-,23-,24-/m0/s1. The van der Waals surface area contributed by atoms with Crippen LogP contribution in [0.1, 0.15) is 79.1 Å². The lowest BCUT2D eigenvalue weighted by Gasteiger charge is -2.61. The van der Waals surface area contributed by atoms with Gasteiger partial charge in [-0.1, -0.05) is 13.8 Å². The number of alkyl halides is 3. The molecule has 8 heteroatoms. The minimum Gasteiger partial charge on any atom is -0.462 e. The minimum absolute atomic E-state index is 0.0590. The highest BCUT2D eigenvalue weighted by atomic mass is 19.4. The number of rotatable bonds is 3. The molecule has 4 aliphatic carbocycles. The largest absolute Gasteiger partial charge is 0.462 e. The normalized spacial score (nSPS) is 43.7. The molecule has 0 aromatic rings. The van der Waals surface area contributed by atoms with Gasteiger partial charge >= 0.3 is 18.1 Å². The van der Waals surface area contributed by atoms with Crippen LogP contribution in [-0.4, -0.2) is 36.1 Å². The first-order chi connectivity index (χ1) is 15.3. The number of Topliss-reactive ketones (excluding diaryl/α,β-unsaturated/α-hetero) is 1. The number of hydrogen-bond acceptors (Lipinski definition) is 5. The molecule has 4 fully saturated rings. The van der Waals surface area contributed by atoms with E-state index in [0.717, 1.165) is 45.4 Å². The third kappa shape index (κ3) is 4.09. The number of ether oxygens (including phenoxy) is 2. The molecule has 0 saturated heterocycles. The molecule has 0 amide bonds. The Morgan fingerprint density at radius 3 is 2.24 bits per heavy atom. The van der Waals surface area contributed by atoms with Crippen molar-refractivity contribution in [3.8, 4) is 0 Å². The highest BCUT2D eigenvalue weighted by Gasteiger charge is 2.64. The van der Waals surface area contributed by atoms with Crippen LogP contribution in [0.25, 0.3) is 0 Å². The molecule has 0 heterocycles. The summed E-state index contributed by atoms with van der Waals surface area (Å²) in [5.41, 5.74) is -0.516. The molecule has 0 unspecified atom stereocenters. The summed E-state index contributed by atoms with van der Waals surface area (Å²) >= 11 is 0. The predicted octanol–water partition coefficient (Wildman–Crippen LogP) is 5.25. The fourth-order valence-corrected chi connectivity index (χ4v) is 8.35. The summed E-state index contributed by atoms with van der Waals surface area (Å²) in [6, 6.07) is 0. The molecule has 33 heavy (non-hydrogen) atoms. The van der Waals surface area contributed by atoms with Crippen molar-refractivity contribution in [2.24, 2.45) is 40.4 Å². The smallest absolute Gasteiger partial charge is 0.426 e. The summed E-state index contributed by atoms with van der Waals surface area (Å²) in [5, 5.41) is 0. The molecule has 0 spiro atoms. The maximum absolute atomic E-state index is 13.8. The average Bonchev–Trinajstić information content (AvgIpc) is 3.01. The van der Waals surface area contributed by atoms with Gasteiger partial charge in [0.25, 0.3) is 0 Å². The molecule has 0 aromatic heterocycles. The minimum atomic E-state index is -4.78. The first-order valence-corrected chi connectivity index (χ1v) is 12.2. The number of ketones is 1. The van der Waals surface area contributed by atoms with Crippen LogP contribution in [0.3, 0.4) is 0 Å². The van der Waals surface area contributed by atoms with Crippen molar-refractivity contribution in [3.05, 3.63) is 0 Å². The van der Waals surface area contributed by atoms with Crippen LogP contribution in [0.2, 0.25) is 0 Å². The van der Waals surface area contributed by atoms with E-state index in [0.29, 0.717) is 11.8 Å². The van der Waals surface area contributed by atoms with Crippen molar-refractivity contribution in [1.82, 2.24) is 0 Å². The third-order valence-electron chi connectivity index (χ3n) is 9.79. The summed E-state index contributed by atoms with van der Waals surface area (Å²) in [6.07, 6.45) is -1.75. The number of carbonyl (C=O) groups excluding carboxylic acids is 3. The average molecular weight is 473 g/mol. The number of carbonyl (C=O) groups is 3. The van der Waals surface area contributed by atoms with Gasteiger partial charge in [-0.15, -0.1) is 0 Å². The van der Waals surface area contributed by atoms with E-state index in [4.69, 9.17) is 4.74 Å². The monoisotopic (exact) mass is 472 g/mol. The molecule has 4 rings (SSSR count). The fourth-order valence-electron chi connectivity index (χ4n) is 8.35. The predicted molar refractivity (Wildman–Crippen MR) is 113 cm³/mol. The van der Waals surface area contributed by atoms with Crippen molar-refractivity contribution in [3.63, 3.8) is 0 Å². The summed E-state index contributed by atoms with van der Waals surface area (Å²) in [4.78, 5) is 35.9. The Kier molecular flexibility index (Phi) is 6.14.